The number of nitrogen functional groups attached to an aromatic ring is 1. The minimum atomic E-state index is 0.457. The van der Waals surface area contributed by atoms with Gasteiger partial charge in [-0.1, -0.05) is 5.16 Å². The number of anilines is 1. The van der Waals surface area contributed by atoms with Gasteiger partial charge in [0.2, 0.25) is 5.88 Å². The Morgan fingerprint density at radius 3 is 2.69 bits per heavy atom. The lowest BCUT2D eigenvalue weighted by Gasteiger charge is -2.21. The van der Waals surface area contributed by atoms with Gasteiger partial charge in [-0.25, -0.2) is 0 Å². The van der Waals surface area contributed by atoms with Crippen molar-refractivity contribution in [3.63, 3.8) is 0 Å². The van der Waals surface area contributed by atoms with Crippen LogP contribution in [0.2, 0.25) is 0 Å². The van der Waals surface area contributed by atoms with E-state index in [-0.39, 0.29) is 0 Å². The summed E-state index contributed by atoms with van der Waals surface area (Å²) >= 11 is 3.35. The molecule has 5 heteroatoms. The van der Waals surface area contributed by atoms with E-state index in [4.69, 9.17) is 10.3 Å². The van der Waals surface area contributed by atoms with Crippen LogP contribution in [0.4, 0.5) is 5.88 Å². The Kier molecular flexibility index (Phi) is 2.55. The first kappa shape index (κ1) is 9.02. The second-order valence-corrected chi connectivity index (χ2v) is 4.03. The molecule has 2 heterocycles. The topological polar surface area (TPSA) is 64.1 Å². The molecule has 0 aliphatic carbocycles. The lowest BCUT2D eigenvalue weighted by atomic mass is 9.92. The molecule has 1 aliphatic heterocycles. The Morgan fingerprint density at radius 2 is 2.15 bits per heavy atom. The molecule has 2 rings (SSSR count). The van der Waals surface area contributed by atoms with Gasteiger partial charge < -0.3 is 15.6 Å². The fourth-order valence-corrected chi connectivity index (χ4v) is 2.36. The van der Waals surface area contributed by atoms with Crippen LogP contribution in [0.25, 0.3) is 0 Å². The van der Waals surface area contributed by atoms with Crippen LogP contribution in [0.3, 0.4) is 0 Å². The van der Waals surface area contributed by atoms with Crippen molar-refractivity contribution in [2.75, 3.05) is 18.8 Å². The van der Waals surface area contributed by atoms with Crippen LogP contribution in [0.1, 0.15) is 24.3 Å². The molecule has 0 radical (unpaired) electrons. The Bertz CT molecular complexity index is 274. The van der Waals surface area contributed by atoms with Gasteiger partial charge in [-0.2, -0.15) is 0 Å². The third-order valence-corrected chi connectivity index (χ3v) is 3.03. The summed E-state index contributed by atoms with van der Waals surface area (Å²) in [7, 11) is 0. The number of aromatic nitrogens is 1. The minimum absolute atomic E-state index is 0.457. The average molecular weight is 246 g/mol. The molecule has 0 saturated carbocycles. The number of hydrogen-bond acceptors (Lipinski definition) is 4. The minimum Gasteiger partial charge on any atom is -0.367 e. The summed E-state index contributed by atoms with van der Waals surface area (Å²) in [4.78, 5) is 0. The van der Waals surface area contributed by atoms with E-state index in [1.54, 1.807) is 0 Å². The number of rotatable bonds is 1. The molecule has 0 bridgehead atoms. The monoisotopic (exact) mass is 245 g/mol. The second-order valence-electron chi connectivity index (χ2n) is 3.28. The maximum Gasteiger partial charge on any atom is 0.226 e. The lowest BCUT2D eigenvalue weighted by molar-refractivity contribution is 0.428. The fraction of sp³-hybridized carbons (Fsp3) is 0.625. The quantitative estimate of drug-likeness (QED) is 0.787. The molecule has 1 aromatic rings. The lowest BCUT2D eigenvalue weighted by Crippen LogP contribution is -2.26. The fourth-order valence-electron chi connectivity index (χ4n) is 1.77. The van der Waals surface area contributed by atoms with Gasteiger partial charge in [0.25, 0.3) is 0 Å². The van der Waals surface area contributed by atoms with Crippen LogP contribution >= 0.6 is 15.9 Å². The molecule has 1 aliphatic rings. The number of hydrogen-bond donors (Lipinski definition) is 2. The molecule has 13 heavy (non-hydrogen) atoms. The summed E-state index contributed by atoms with van der Waals surface area (Å²) in [5, 5.41) is 7.10. The van der Waals surface area contributed by atoms with Crippen molar-refractivity contribution in [2.24, 2.45) is 0 Å². The maximum absolute atomic E-state index is 5.69. The van der Waals surface area contributed by atoms with Crippen molar-refractivity contribution in [3.05, 3.63) is 10.2 Å². The number of nitrogens with two attached hydrogens (primary N) is 1. The molecule has 0 amide bonds. The molecule has 1 saturated heterocycles. The summed E-state index contributed by atoms with van der Waals surface area (Å²) in [6.07, 6.45) is 2.20. The van der Waals surface area contributed by atoms with Crippen LogP contribution in [0, 0.1) is 0 Å². The zero-order chi connectivity index (χ0) is 9.26. The predicted molar refractivity (Wildman–Crippen MR) is 53.5 cm³/mol. The Hall–Kier alpha value is -0.550. The van der Waals surface area contributed by atoms with Crippen molar-refractivity contribution >= 4 is 21.8 Å². The van der Waals surface area contributed by atoms with Crippen molar-refractivity contribution in [3.8, 4) is 0 Å². The standard InChI is InChI=1S/C8H12BrN3O/c9-7-6(8(10)13-12-7)5-1-3-11-4-2-5/h5,11H,1-4,10H2. The summed E-state index contributed by atoms with van der Waals surface area (Å²) in [5.74, 6) is 0.945. The van der Waals surface area contributed by atoms with Crippen LogP contribution in [0.5, 0.6) is 0 Å². The Labute approximate surface area is 85.0 Å². The van der Waals surface area contributed by atoms with Crippen molar-refractivity contribution < 1.29 is 4.52 Å². The highest BCUT2D eigenvalue weighted by molar-refractivity contribution is 9.10. The highest BCUT2D eigenvalue weighted by Gasteiger charge is 2.23. The molecule has 1 fully saturated rings. The molecule has 0 atom stereocenters. The van der Waals surface area contributed by atoms with Crippen LogP contribution in [0.15, 0.2) is 9.13 Å². The van der Waals surface area contributed by atoms with Gasteiger partial charge in [0, 0.05) is 0 Å². The zero-order valence-electron chi connectivity index (χ0n) is 7.22. The van der Waals surface area contributed by atoms with Gasteiger partial charge in [-0.3, -0.25) is 0 Å². The third kappa shape index (κ3) is 1.71. The average Bonchev–Trinajstić information content (AvgIpc) is 2.48. The summed E-state index contributed by atoms with van der Waals surface area (Å²) in [6, 6.07) is 0. The first-order valence-corrected chi connectivity index (χ1v) is 5.19. The number of nitrogens with one attached hydrogen (secondary N) is 1. The number of piperidine rings is 1. The van der Waals surface area contributed by atoms with Gasteiger partial charge in [-0.15, -0.1) is 0 Å². The van der Waals surface area contributed by atoms with Gasteiger partial charge in [-0.05, 0) is 47.8 Å². The Morgan fingerprint density at radius 1 is 1.46 bits per heavy atom. The molecule has 72 valence electrons. The summed E-state index contributed by atoms with van der Waals surface area (Å²) in [6.45, 7) is 2.09. The Balaban J connectivity index is 2.22. The largest absolute Gasteiger partial charge is 0.367 e. The number of halogens is 1. The molecular weight excluding hydrogens is 234 g/mol. The van der Waals surface area contributed by atoms with Crippen molar-refractivity contribution in [1.29, 1.82) is 0 Å². The van der Waals surface area contributed by atoms with E-state index in [1.807, 2.05) is 0 Å². The highest BCUT2D eigenvalue weighted by atomic mass is 79.9. The van der Waals surface area contributed by atoms with Gasteiger partial charge >= 0.3 is 0 Å². The molecule has 3 N–H and O–H groups in total. The summed E-state index contributed by atoms with van der Waals surface area (Å²) < 4.78 is 5.67. The molecule has 0 unspecified atom stereocenters. The van der Waals surface area contributed by atoms with E-state index in [1.165, 1.54) is 0 Å². The molecule has 4 nitrogen and oxygen atoms in total. The van der Waals surface area contributed by atoms with Crippen molar-refractivity contribution in [1.82, 2.24) is 10.5 Å². The maximum atomic E-state index is 5.69. The summed E-state index contributed by atoms with van der Waals surface area (Å²) in [5.41, 5.74) is 6.74. The van der Waals surface area contributed by atoms with Gasteiger partial charge in [0.05, 0.1) is 5.56 Å². The van der Waals surface area contributed by atoms with Gasteiger partial charge in [0.1, 0.15) is 0 Å². The van der Waals surface area contributed by atoms with E-state index in [9.17, 15) is 0 Å². The molecule has 0 spiro atoms. The first-order valence-electron chi connectivity index (χ1n) is 4.40. The second kappa shape index (κ2) is 3.67. The predicted octanol–water partition coefficient (Wildman–Crippen LogP) is 1.49. The van der Waals surface area contributed by atoms with Crippen molar-refractivity contribution in [2.45, 2.75) is 18.8 Å². The van der Waals surface area contributed by atoms with Crippen LogP contribution in [-0.2, 0) is 0 Å². The molecular formula is C8H12BrN3O. The van der Waals surface area contributed by atoms with Crippen LogP contribution in [-0.4, -0.2) is 18.2 Å². The van der Waals surface area contributed by atoms with Gasteiger partial charge in [0.15, 0.2) is 4.60 Å². The van der Waals surface area contributed by atoms with Crippen LogP contribution < -0.4 is 11.1 Å². The van der Waals surface area contributed by atoms with E-state index in [2.05, 4.69) is 26.4 Å². The number of nitrogens with zero attached hydrogens (tertiary/aromatic N) is 1. The first-order chi connectivity index (χ1) is 6.29. The van der Waals surface area contributed by atoms with E-state index >= 15 is 0 Å². The smallest absolute Gasteiger partial charge is 0.226 e. The zero-order valence-corrected chi connectivity index (χ0v) is 8.80. The van der Waals surface area contributed by atoms with E-state index in [0.717, 1.165) is 36.1 Å². The normalized spacial score (nSPS) is 19.2. The van der Waals surface area contributed by atoms with E-state index < -0.39 is 0 Å². The molecule has 0 aromatic carbocycles. The van der Waals surface area contributed by atoms with E-state index in [0.29, 0.717) is 11.8 Å². The highest BCUT2D eigenvalue weighted by Crippen LogP contribution is 2.34. The third-order valence-electron chi connectivity index (χ3n) is 2.46. The SMILES string of the molecule is Nc1onc(Br)c1C1CCNCC1. The molecule has 1 aromatic heterocycles.